The van der Waals surface area contributed by atoms with Crippen LogP contribution in [0.15, 0.2) is 54.6 Å². The number of anilines is 1. The molecule has 0 fully saturated rings. The minimum Gasteiger partial charge on any atom is -0.435 e. The van der Waals surface area contributed by atoms with Crippen LogP contribution in [0.5, 0.6) is 5.75 Å². The summed E-state index contributed by atoms with van der Waals surface area (Å²) in [7, 11) is 0. The fourth-order valence-electron chi connectivity index (χ4n) is 1.72. The largest absolute Gasteiger partial charge is 0.435 e. The third-order valence-electron chi connectivity index (χ3n) is 2.71. The molecule has 0 heterocycles. The van der Waals surface area contributed by atoms with Crippen molar-refractivity contribution in [3.8, 4) is 5.75 Å². The van der Waals surface area contributed by atoms with Crippen molar-refractivity contribution < 1.29 is 23.4 Å². The quantitative estimate of drug-likeness (QED) is 0.891. The van der Waals surface area contributed by atoms with Gasteiger partial charge in [0.15, 0.2) is 6.10 Å². The normalized spacial score (nSPS) is 12.0. The van der Waals surface area contributed by atoms with Crippen LogP contribution in [0.2, 0.25) is 0 Å². The summed E-state index contributed by atoms with van der Waals surface area (Å²) >= 11 is 0. The molecule has 1 unspecified atom stereocenters. The van der Waals surface area contributed by atoms with Crippen LogP contribution in [0.1, 0.15) is 11.7 Å². The van der Waals surface area contributed by atoms with E-state index in [1.54, 1.807) is 30.3 Å². The summed E-state index contributed by atoms with van der Waals surface area (Å²) < 4.78 is 28.2. The maximum Gasteiger partial charge on any atom is 0.387 e. The molecule has 2 aromatic carbocycles. The first-order chi connectivity index (χ1) is 10.1. The Bertz CT molecular complexity index is 588. The van der Waals surface area contributed by atoms with E-state index >= 15 is 0 Å². The Balaban J connectivity index is 1.99. The van der Waals surface area contributed by atoms with Crippen LogP contribution in [-0.2, 0) is 4.79 Å². The SMILES string of the molecule is O=C(Nc1ccc(OC(F)F)cc1)C(O)c1ccccc1. The molecule has 0 aromatic heterocycles. The number of rotatable bonds is 5. The van der Waals surface area contributed by atoms with Gasteiger partial charge in [-0.15, -0.1) is 0 Å². The predicted molar refractivity (Wildman–Crippen MR) is 73.1 cm³/mol. The second-order valence-corrected chi connectivity index (χ2v) is 4.21. The molecule has 6 heteroatoms. The van der Waals surface area contributed by atoms with Gasteiger partial charge in [0.1, 0.15) is 5.75 Å². The topological polar surface area (TPSA) is 58.6 Å². The fourth-order valence-corrected chi connectivity index (χ4v) is 1.72. The zero-order valence-corrected chi connectivity index (χ0v) is 10.9. The Labute approximate surface area is 120 Å². The highest BCUT2D eigenvalue weighted by atomic mass is 19.3. The number of aliphatic hydroxyl groups excluding tert-OH is 1. The van der Waals surface area contributed by atoms with Gasteiger partial charge in [-0.05, 0) is 29.8 Å². The zero-order valence-electron chi connectivity index (χ0n) is 10.9. The van der Waals surface area contributed by atoms with Crippen molar-refractivity contribution in [1.82, 2.24) is 0 Å². The highest BCUT2D eigenvalue weighted by Gasteiger charge is 2.17. The van der Waals surface area contributed by atoms with E-state index in [-0.39, 0.29) is 5.75 Å². The molecule has 110 valence electrons. The van der Waals surface area contributed by atoms with Crippen LogP contribution in [0, 0.1) is 0 Å². The van der Waals surface area contributed by atoms with Crippen LogP contribution >= 0.6 is 0 Å². The van der Waals surface area contributed by atoms with Crippen molar-refractivity contribution in [3.63, 3.8) is 0 Å². The molecule has 21 heavy (non-hydrogen) atoms. The lowest BCUT2D eigenvalue weighted by Gasteiger charge is -2.12. The molecule has 2 N–H and O–H groups in total. The van der Waals surface area contributed by atoms with Crippen molar-refractivity contribution in [3.05, 3.63) is 60.2 Å². The van der Waals surface area contributed by atoms with Gasteiger partial charge in [-0.3, -0.25) is 4.79 Å². The average molecular weight is 293 g/mol. The van der Waals surface area contributed by atoms with Gasteiger partial charge >= 0.3 is 6.61 Å². The average Bonchev–Trinajstić information content (AvgIpc) is 2.49. The standard InChI is InChI=1S/C15H13F2NO3/c16-15(17)21-12-8-6-11(7-9-12)18-14(20)13(19)10-4-2-1-3-5-10/h1-9,13,15,19H,(H,18,20). The molecule has 1 amide bonds. The summed E-state index contributed by atoms with van der Waals surface area (Å²) in [6, 6.07) is 13.9. The maximum absolute atomic E-state index is 12.0. The molecule has 0 aliphatic rings. The first kappa shape index (κ1) is 14.9. The summed E-state index contributed by atoms with van der Waals surface area (Å²) in [5, 5.41) is 12.4. The van der Waals surface area contributed by atoms with Gasteiger partial charge in [0.05, 0.1) is 0 Å². The number of hydrogen-bond acceptors (Lipinski definition) is 3. The van der Waals surface area contributed by atoms with E-state index in [9.17, 15) is 18.7 Å². The van der Waals surface area contributed by atoms with Gasteiger partial charge in [-0.2, -0.15) is 8.78 Å². The summed E-state index contributed by atoms with van der Waals surface area (Å²) in [5.74, 6) is -0.615. The fraction of sp³-hybridized carbons (Fsp3) is 0.133. The Hall–Kier alpha value is -2.47. The Kier molecular flexibility index (Phi) is 4.84. The van der Waals surface area contributed by atoms with Crippen LogP contribution in [0.4, 0.5) is 14.5 Å². The molecule has 2 aromatic rings. The molecule has 0 radical (unpaired) electrons. The number of aliphatic hydroxyl groups is 1. The van der Waals surface area contributed by atoms with Crippen LogP contribution in [0.25, 0.3) is 0 Å². The number of alkyl halides is 2. The van der Waals surface area contributed by atoms with E-state index in [0.29, 0.717) is 11.3 Å². The minimum absolute atomic E-state index is 0.00777. The van der Waals surface area contributed by atoms with Gasteiger partial charge in [0, 0.05) is 5.69 Å². The van der Waals surface area contributed by atoms with E-state index in [1.165, 1.54) is 24.3 Å². The molecule has 0 aliphatic carbocycles. The van der Waals surface area contributed by atoms with Gasteiger partial charge in [-0.1, -0.05) is 30.3 Å². The zero-order chi connectivity index (χ0) is 15.2. The molecular weight excluding hydrogens is 280 g/mol. The number of halogens is 2. The lowest BCUT2D eigenvalue weighted by molar-refractivity contribution is -0.124. The Morgan fingerprint density at radius 1 is 1.05 bits per heavy atom. The highest BCUT2D eigenvalue weighted by molar-refractivity contribution is 5.94. The van der Waals surface area contributed by atoms with E-state index in [0.717, 1.165) is 0 Å². The molecule has 2 rings (SSSR count). The summed E-state index contributed by atoms with van der Waals surface area (Å²) in [6.45, 7) is -2.90. The minimum atomic E-state index is -2.90. The predicted octanol–water partition coefficient (Wildman–Crippen LogP) is 2.96. The number of carbonyl (C=O) groups is 1. The van der Waals surface area contributed by atoms with Crippen LogP contribution in [0.3, 0.4) is 0 Å². The maximum atomic E-state index is 12.0. The van der Waals surface area contributed by atoms with E-state index in [1.807, 2.05) is 0 Å². The third kappa shape index (κ3) is 4.25. The highest BCUT2D eigenvalue weighted by Crippen LogP contribution is 2.19. The molecule has 0 aliphatic heterocycles. The first-order valence-electron chi connectivity index (χ1n) is 6.15. The summed E-state index contributed by atoms with van der Waals surface area (Å²) in [6.07, 6.45) is -1.30. The summed E-state index contributed by atoms with van der Waals surface area (Å²) in [4.78, 5) is 11.9. The van der Waals surface area contributed by atoms with E-state index in [4.69, 9.17) is 0 Å². The van der Waals surface area contributed by atoms with Gasteiger partial charge in [0.25, 0.3) is 5.91 Å². The second kappa shape index (κ2) is 6.81. The van der Waals surface area contributed by atoms with Crippen molar-refractivity contribution in [2.75, 3.05) is 5.32 Å². The van der Waals surface area contributed by atoms with Crippen molar-refractivity contribution in [1.29, 1.82) is 0 Å². The molecule has 0 bridgehead atoms. The third-order valence-corrected chi connectivity index (χ3v) is 2.71. The number of benzene rings is 2. The number of carbonyl (C=O) groups excluding carboxylic acids is 1. The number of hydrogen-bond donors (Lipinski definition) is 2. The molecule has 1 atom stereocenters. The molecule has 4 nitrogen and oxygen atoms in total. The van der Waals surface area contributed by atoms with Gasteiger partial charge < -0.3 is 15.2 Å². The first-order valence-corrected chi connectivity index (χ1v) is 6.15. The molecular formula is C15H13F2NO3. The smallest absolute Gasteiger partial charge is 0.387 e. The number of nitrogens with one attached hydrogen (secondary N) is 1. The van der Waals surface area contributed by atoms with Crippen molar-refractivity contribution in [2.45, 2.75) is 12.7 Å². The van der Waals surface area contributed by atoms with E-state index in [2.05, 4.69) is 10.1 Å². The van der Waals surface area contributed by atoms with Crippen LogP contribution < -0.4 is 10.1 Å². The summed E-state index contributed by atoms with van der Waals surface area (Å²) in [5.41, 5.74) is 0.837. The Morgan fingerprint density at radius 3 is 2.24 bits per heavy atom. The van der Waals surface area contributed by atoms with E-state index < -0.39 is 18.6 Å². The molecule has 0 spiro atoms. The molecule has 0 saturated heterocycles. The monoisotopic (exact) mass is 293 g/mol. The lowest BCUT2D eigenvalue weighted by atomic mass is 10.1. The van der Waals surface area contributed by atoms with Crippen molar-refractivity contribution in [2.24, 2.45) is 0 Å². The lowest BCUT2D eigenvalue weighted by Crippen LogP contribution is -2.20. The van der Waals surface area contributed by atoms with Gasteiger partial charge in [0.2, 0.25) is 0 Å². The van der Waals surface area contributed by atoms with Crippen LogP contribution in [-0.4, -0.2) is 17.6 Å². The molecule has 0 saturated carbocycles. The Morgan fingerprint density at radius 2 is 1.67 bits per heavy atom. The second-order valence-electron chi connectivity index (χ2n) is 4.21. The van der Waals surface area contributed by atoms with Crippen molar-refractivity contribution >= 4 is 11.6 Å². The van der Waals surface area contributed by atoms with Gasteiger partial charge in [-0.25, -0.2) is 0 Å². The number of ether oxygens (including phenoxy) is 1. The number of amides is 1.